The molecule has 0 spiro atoms. The molecule has 1 saturated heterocycles. The minimum Gasteiger partial charge on any atom is -0.336 e. The highest BCUT2D eigenvalue weighted by molar-refractivity contribution is 7.13. The molecule has 0 saturated carbocycles. The molecule has 8 heteroatoms. The van der Waals surface area contributed by atoms with Gasteiger partial charge in [0.05, 0.1) is 28.0 Å². The van der Waals surface area contributed by atoms with E-state index in [4.69, 9.17) is 4.98 Å². The Morgan fingerprint density at radius 2 is 2.00 bits per heavy atom. The minimum atomic E-state index is 0.0551. The number of carbonyl (C=O) groups is 1. The van der Waals surface area contributed by atoms with Crippen molar-refractivity contribution >= 4 is 17.2 Å². The van der Waals surface area contributed by atoms with E-state index in [1.807, 2.05) is 28.5 Å². The number of carbonyl (C=O) groups excluding carboxylic acids is 1. The number of amides is 1. The van der Waals surface area contributed by atoms with E-state index in [-0.39, 0.29) is 11.8 Å². The van der Waals surface area contributed by atoms with Gasteiger partial charge in [0.2, 0.25) is 0 Å². The number of hydrogen-bond donors (Lipinski definition) is 0. The second kappa shape index (κ2) is 9.70. The number of piperazine rings is 1. The fourth-order valence-corrected chi connectivity index (χ4v) is 4.67. The highest BCUT2D eigenvalue weighted by Crippen LogP contribution is 2.26. The van der Waals surface area contributed by atoms with Crippen LogP contribution < -0.4 is 0 Å². The van der Waals surface area contributed by atoms with Crippen molar-refractivity contribution < 1.29 is 4.79 Å². The quantitative estimate of drug-likeness (QED) is 0.556. The normalized spacial score (nSPS) is 15.0. The molecule has 1 aliphatic rings. The lowest BCUT2D eigenvalue weighted by Crippen LogP contribution is -2.49. The molecule has 0 atom stereocenters. The van der Waals surface area contributed by atoms with Gasteiger partial charge in [-0.1, -0.05) is 33.3 Å². The van der Waals surface area contributed by atoms with Crippen LogP contribution in [0.4, 0.5) is 0 Å². The molecule has 0 N–H and O–H groups in total. The van der Waals surface area contributed by atoms with Crippen LogP contribution in [-0.4, -0.2) is 68.2 Å². The first-order chi connectivity index (χ1) is 15.1. The number of unbranched alkanes of at least 4 members (excludes halogenated alkanes) is 1. The molecule has 164 valence electrons. The molecule has 1 amide bonds. The third-order valence-electron chi connectivity index (χ3n) is 5.68. The third-order valence-corrected chi connectivity index (χ3v) is 6.57. The maximum absolute atomic E-state index is 13.4. The highest BCUT2D eigenvalue weighted by Gasteiger charge is 2.28. The standard InChI is InChI=1S/C23H30N6OS/c1-4-5-10-27-11-13-28(14-12-27)22(30)18-16-25-29(21(18)17(2)3)23-24-9-8-19(26-23)20-7-6-15-31-20/h6-9,15-17H,4-5,10-14H2,1-3H3. The van der Waals surface area contributed by atoms with Crippen molar-refractivity contribution in [2.24, 2.45) is 0 Å². The number of aromatic nitrogens is 4. The molecular formula is C23H30N6OS. The summed E-state index contributed by atoms with van der Waals surface area (Å²) < 4.78 is 1.73. The number of hydrogen-bond acceptors (Lipinski definition) is 6. The summed E-state index contributed by atoms with van der Waals surface area (Å²) >= 11 is 1.64. The van der Waals surface area contributed by atoms with Gasteiger partial charge in [0, 0.05) is 32.4 Å². The predicted molar refractivity (Wildman–Crippen MR) is 124 cm³/mol. The van der Waals surface area contributed by atoms with E-state index in [1.165, 1.54) is 12.8 Å². The summed E-state index contributed by atoms with van der Waals surface area (Å²) in [4.78, 5) is 28.0. The van der Waals surface area contributed by atoms with Crippen LogP contribution in [0.3, 0.4) is 0 Å². The van der Waals surface area contributed by atoms with E-state index in [9.17, 15) is 4.79 Å². The van der Waals surface area contributed by atoms with Crippen LogP contribution in [0.2, 0.25) is 0 Å². The zero-order valence-corrected chi connectivity index (χ0v) is 19.3. The van der Waals surface area contributed by atoms with Gasteiger partial charge in [0.25, 0.3) is 11.9 Å². The van der Waals surface area contributed by atoms with Gasteiger partial charge in [-0.05, 0) is 36.4 Å². The minimum absolute atomic E-state index is 0.0551. The Bertz CT molecular complexity index is 1010. The van der Waals surface area contributed by atoms with Crippen molar-refractivity contribution in [2.45, 2.75) is 39.5 Å². The van der Waals surface area contributed by atoms with Crippen molar-refractivity contribution in [1.29, 1.82) is 0 Å². The fraction of sp³-hybridized carbons (Fsp3) is 0.478. The van der Waals surface area contributed by atoms with Crippen molar-refractivity contribution in [3.63, 3.8) is 0 Å². The predicted octanol–water partition coefficient (Wildman–Crippen LogP) is 4.07. The molecule has 0 aromatic carbocycles. The van der Waals surface area contributed by atoms with Crippen LogP contribution in [0.5, 0.6) is 0 Å². The van der Waals surface area contributed by atoms with E-state index in [1.54, 1.807) is 28.4 Å². The van der Waals surface area contributed by atoms with Gasteiger partial charge in [-0.15, -0.1) is 11.3 Å². The van der Waals surface area contributed by atoms with Crippen molar-refractivity contribution in [3.05, 3.63) is 47.2 Å². The highest BCUT2D eigenvalue weighted by atomic mass is 32.1. The summed E-state index contributed by atoms with van der Waals surface area (Å²) in [6.07, 6.45) is 5.84. The summed E-state index contributed by atoms with van der Waals surface area (Å²) in [6.45, 7) is 10.9. The average molecular weight is 439 g/mol. The van der Waals surface area contributed by atoms with Crippen LogP contribution in [0.1, 0.15) is 55.6 Å². The van der Waals surface area contributed by atoms with E-state index < -0.39 is 0 Å². The summed E-state index contributed by atoms with van der Waals surface area (Å²) in [5.41, 5.74) is 2.38. The van der Waals surface area contributed by atoms with Crippen LogP contribution in [0, 0.1) is 0 Å². The van der Waals surface area contributed by atoms with Crippen LogP contribution in [0.15, 0.2) is 36.0 Å². The number of nitrogens with zero attached hydrogens (tertiary/aromatic N) is 6. The van der Waals surface area contributed by atoms with Gasteiger partial charge < -0.3 is 4.90 Å². The summed E-state index contributed by atoms with van der Waals surface area (Å²) in [7, 11) is 0. The molecule has 0 radical (unpaired) electrons. The SMILES string of the molecule is CCCCN1CCN(C(=O)c2cnn(-c3nccc(-c4cccs4)n3)c2C(C)C)CC1. The van der Waals surface area contributed by atoms with Crippen LogP contribution in [-0.2, 0) is 0 Å². The Morgan fingerprint density at radius 3 is 2.68 bits per heavy atom. The Balaban J connectivity index is 1.57. The molecule has 0 aliphatic carbocycles. The first-order valence-corrected chi connectivity index (χ1v) is 11.9. The van der Waals surface area contributed by atoms with Crippen molar-refractivity contribution in [2.75, 3.05) is 32.7 Å². The summed E-state index contributed by atoms with van der Waals surface area (Å²) in [5, 5.41) is 6.57. The maximum Gasteiger partial charge on any atom is 0.257 e. The first kappa shape index (κ1) is 21.6. The second-order valence-electron chi connectivity index (χ2n) is 8.22. The Labute approximate surface area is 187 Å². The lowest BCUT2D eigenvalue weighted by Gasteiger charge is -2.34. The first-order valence-electron chi connectivity index (χ1n) is 11.0. The molecule has 7 nitrogen and oxygen atoms in total. The topological polar surface area (TPSA) is 67.2 Å². The largest absolute Gasteiger partial charge is 0.336 e. The maximum atomic E-state index is 13.4. The lowest BCUT2D eigenvalue weighted by atomic mass is 10.0. The Morgan fingerprint density at radius 1 is 1.19 bits per heavy atom. The van der Waals surface area contributed by atoms with Gasteiger partial charge in [0.15, 0.2) is 0 Å². The Kier molecular flexibility index (Phi) is 6.77. The van der Waals surface area contributed by atoms with Gasteiger partial charge >= 0.3 is 0 Å². The van der Waals surface area contributed by atoms with Gasteiger partial charge in [-0.2, -0.15) is 5.10 Å². The molecular weight excluding hydrogens is 408 g/mol. The molecule has 4 heterocycles. The molecule has 1 aliphatic heterocycles. The van der Waals surface area contributed by atoms with Crippen molar-refractivity contribution in [1.82, 2.24) is 29.5 Å². The Hall–Kier alpha value is -2.58. The zero-order chi connectivity index (χ0) is 21.8. The molecule has 1 fully saturated rings. The number of thiophene rings is 1. The molecule has 3 aromatic rings. The fourth-order valence-electron chi connectivity index (χ4n) is 3.98. The summed E-state index contributed by atoms with van der Waals surface area (Å²) in [6, 6.07) is 5.95. The lowest BCUT2D eigenvalue weighted by molar-refractivity contribution is 0.0634. The van der Waals surface area contributed by atoms with E-state index in [0.29, 0.717) is 11.5 Å². The molecule has 4 rings (SSSR count). The molecule has 3 aromatic heterocycles. The van der Waals surface area contributed by atoms with Gasteiger partial charge in [-0.3, -0.25) is 9.69 Å². The zero-order valence-electron chi connectivity index (χ0n) is 18.5. The van der Waals surface area contributed by atoms with E-state index in [0.717, 1.165) is 49.0 Å². The van der Waals surface area contributed by atoms with E-state index in [2.05, 4.69) is 35.8 Å². The second-order valence-corrected chi connectivity index (χ2v) is 9.16. The summed E-state index contributed by atoms with van der Waals surface area (Å²) in [5.74, 6) is 0.666. The average Bonchev–Trinajstić information content (AvgIpc) is 3.48. The van der Waals surface area contributed by atoms with E-state index >= 15 is 0 Å². The third kappa shape index (κ3) is 4.70. The molecule has 0 unspecified atom stereocenters. The van der Waals surface area contributed by atoms with Crippen LogP contribution in [0.25, 0.3) is 16.5 Å². The molecule has 31 heavy (non-hydrogen) atoms. The van der Waals surface area contributed by atoms with Gasteiger partial charge in [-0.25, -0.2) is 14.6 Å². The van der Waals surface area contributed by atoms with Crippen LogP contribution >= 0.6 is 11.3 Å². The monoisotopic (exact) mass is 438 g/mol. The van der Waals surface area contributed by atoms with Gasteiger partial charge in [0.1, 0.15) is 0 Å². The number of rotatable bonds is 7. The van der Waals surface area contributed by atoms with Crippen molar-refractivity contribution in [3.8, 4) is 16.5 Å². The smallest absolute Gasteiger partial charge is 0.257 e. The molecule has 0 bridgehead atoms.